The van der Waals surface area contributed by atoms with Crippen LogP contribution in [0.4, 0.5) is 0 Å². The van der Waals surface area contributed by atoms with Crippen LogP contribution in [0.2, 0.25) is 0 Å². The van der Waals surface area contributed by atoms with E-state index in [1.165, 1.54) is 10.8 Å². The Morgan fingerprint density at radius 2 is 0.896 bits per heavy atom. The van der Waals surface area contributed by atoms with Gasteiger partial charge in [0, 0.05) is 57.8 Å². The monoisotopic (exact) mass is 613 g/mol. The Kier molecular flexibility index (Phi) is 6.72. The average molecular weight is 614 g/mol. The number of hydrogen-bond donors (Lipinski definition) is 0. The Morgan fingerprint density at radius 3 is 1.62 bits per heavy atom. The first kappa shape index (κ1) is 27.7. The van der Waals surface area contributed by atoms with Crippen LogP contribution < -0.4 is 0 Å². The number of rotatable bonds is 5. The molecule has 0 unspecified atom stereocenters. The van der Waals surface area contributed by atoms with Gasteiger partial charge in [-0.25, -0.2) is 15.0 Å². The topological polar surface area (TPSA) is 64.5 Å². The molecule has 5 heterocycles. The van der Waals surface area contributed by atoms with Crippen LogP contribution >= 0.6 is 0 Å². The van der Waals surface area contributed by atoms with Crippen molar-refractivity contribution in [3.8, 4) is 56.2 Å². The number of benzene rings is 4. The summed E-state index contributed by atoms with van der Waals surface area (Å²) in [5.74, 6) is 0. The highest BCUT2D eigenvalue weighted by atomic mass is 14.8. The van der Waals surface area contributed by atoms with Crippen LogP contribution in [0.25, 0.3) is 88.7 Å². The summed E-state index contributed by atoms with van der Waals surface area (Å²) in [6.07, 6.45) is 7.37. The Morgan fingerprint density at radius 1 is 0.292 bits per heavy atom. The molecule has 0 atom stereocenters. The molecule has 224 valence electrons. The molecule has 0 bridgehead atoms. The summed E-state index contributed by atoms with van der Waals surface area (Å²) in [5.41, 5.74) is 11.7. The van der Waals surface area contributed by atoms with E-state index in [1.807, 2.05) is 42.7 Å². The first-order valence-corrected chi connectivity index (χ1v) is 15.9. The molecular weight excluding hydrogens is 587 g/mol. The van der Waals surface area contributed by atoms with E-state index in [0.29, 0.717) is 0 Å². The highest BCUT2D eigenvalue weighted by Gasteiger charge is 2.11. The fourth-order valence-corrected chi connectivity index (χ4v) is 6.31. The Labute approximate surface area is 277 Å². The lowest BCUT2D eigenvalue weighted by atomic mass is 9.96. The van der Waals surface area contributed by atoms with Gasteiger partial charge in [-0.1, -0.05) is 60.7 Å². The molecule has 0 N–H and O–H groups in total. The fourth-order valence-electron chi connectivity index (χ4n) is 6.31. The average Bonchev–Trinajstić information content (AvgIpc) is 3.17. The minimum absolute atomic E-state index is 0.842. The molecule has 0 aliphatic heterocycles. The number of aromatic nitrogens is 5. The molecule has 9 aromatic rings. The van der Waals surface area contributed by atoms with Crippen molar-refractivity contribution in [2.24, 2.45) is 0 Å². The zero-order valence-corrected chi connectivity index (χ0v) is 25.8. The highest BCUT2D eigenvalue weighted by Crippen LogP contribution is 2.33. The number of fused-ring (bicyclic) bond motifs is 3. The summed E-state index contributed by atoms with van der Waals surface area (Å²) >= 11 is 0. The molecule has 0 radical (unpaired) electrons. The maximum atomic E-state index is 5.10. The van der Waals surface area contributed by atoms with Gasteiger partial charge in [0.2, 0.25) is 0 Å². The summed E-state index contributed by atoms with van der Waals surface area (Å²) in [4.78, 5) is 23.8. The van der Waals surface area contributed by atoms with Crippen LogP contribution in [0.1, 0.15) is 0 Å². The SMILES string of the molecule is c1cncc(-c2cc(-c3cccnc3)cc(-c3ccc4cc(-c5cccc(-c6ccc7cc8ccccc8cc7n6)n5)ccc4n3)c2)c1. The van der Waals surface area contributed by atoms with Crippen LogP contribution in [-0.2, 0) is 0 Å². The summed E-state index contributed by atoms with van der Waals surface area (Å²) in [6.45, 7) is 0. The van der Waals surface area contributed by atoms with Crippen molar-refractivity contribution in [2.45, 2.75) is 0 Å². The lowest BCUT2D eigenvalue weighted by Crippen LogP contribution is -1.92. The molecular formula is C43H27N5. The van der Waals surface area contributed by atoms with E-state index < -0.39 is 0 Å². The van der Waals surface area contributed by atoms with Gasteiger partial charge in [-0.2, -0.15) is 0 Å². The molecule has 48 heavy (non-hydrogen) atoms. The fraction of sp³-hybridized carbons (Fsp3) is 0. The van der Waals surface area contributed by atoms with Crippen molar-refractivity contribution in [2.75, 3.05) is 0 Å². The van der Waals surface area contributed by atoms with Gasteiger partial charge >= 0.3 is 0 Å². The molecule has 5 nitrogen and oxygen atoms in total. The molecule has 4 aromatic carbocycles. The molecule has 0 spiro atoms. The molecule has 0 amide bonds. The first-order valence-electron chi connectivity index (χ1n) is 15.9. The third-order valence-corrected chi connectivity index (χ3v) is 8.77. The van der Waals surface area contributed by atoms with E-state index in [2.05, 4.69) is 119 Å². The Balaban J connectivity index is 1.07. The minimum atomic E-state index is 0.842. The largest absolute Gasteiger partial charge is 0.264 e. The van der Waals surface area contributed by atoms with E-state index in [0.717, 1.165) is 78.0 Å². The molecule has 0 aliphatic carbocycles. The van der Waals surface area contributed by atoms with E-state index in [-0.39, 0.29) is 0 Å². The van der Waals surface area contributed by atoms with Crippen LogP contribution in [0, 0.1) is 0 Å². The van der Waals surface area contributed by atoms with Crippen LogP contribution in [0.15, 0.2) is 164 Å². The molecule has 0 fully saturated rings. The van der Waals surface area contributed by atoms with Crippen molar-refractivity contribution in [3.63, 3.8) is 0 Å². The quantitative estimate of drug-likeness (QED) is 0.181. The standard InChI is InChI=1S/C43H27N5/c1-2-7-29-25-43-32(20-28(29)6-1)14-17-42(48-43)41-11-3-10-38(47-41)30-12-15-39-31(21-30)13-16-40(46-39)37-23-35(33-8-4-18-44-26-33)22-36(24-37)34-9-5-19-45-27-34/h1-27H. The molecule has 5 aromatic heterocycles. The van der Waals surface area contributed by atoms with Crippen molar-refractivity contribution < 1.29 is 0 Å². The lowest BCUT2D eigenvalue weighted by Gasteiger charge is -2.11. The van der Waals surface area contributed by atoms with Gasteiger partial charge in [0.15, 0.2) is 0 Å². The summed E-state index contributed by atoms with van der Waals surface area (Å²) in [5, 5.41) is 4.56. The number of hydrogen-bond acceptors (Lipinski definition) is 5. The minimum Gasteiger partial charge on any atom is -0.264 e. The zero-order valence-electron chi connectivity index (χ0n) is 25.8. The summed E-state index contributed by atoms with van der Waals surface area (Å²) < 4.78 is 0. The van der Waals surface area contributed by atoms with Gasteiger partial charge in [-0.3, -0.25) is 9.97 Å². The predicted octanol–water partition coefficient (Wildman–Crippen LogP) is 10.5. The Bertz CT molecular complexity index is 2560. The van der Waals surface area contributed by atoms with Gasteiger partial charge in [-0.15, -0.1) is 0 Å². The van der Waals surface area contributed by atoms with Crippen LogP contribution in [0.3, 0.4) is 0 Å². The highest BCUT2D eigenvalue weighted by molar-refractivity contribution is 5.97. The Hall–Kier alpha value is -6.59. The third kappa shape index (κ3) is 5.23. The van der Waals surface area contributed by atoms with Crippen molar-refractivity contribution in [1.29, 1.82) is 0 Å². The number of pyridine rings is 5. The van der Waals surface area contributed by atoms with Gasteiger partial charge in [-0.05, 0) is 101 Å². The molecule has 0 saturated heterocycles. The van der Waals surface area contributed by atoms with Gasteiger partial charge in [0.1, 0.15) is 0 Å². The summed E-state index contributed by atoms with van der Waals surface area (Å²) in [7, 11) is 0. The van der Waals surface area contributed by atoms with Gasteiger partial charge in [0.05, 0.1) is 33.8 Å². The molecule has 0 saturated carbocycles. The summed E-state index contributed by atoms with van der Waals surface area (Å²) in [6, 6.07) is 48.2. The normalized spacial score (nSPS) is 11.3. The lowest BCUT2D eigenvalue weighted by molar-refractivity contribution is 1.28. The second kappa shape index (κ2) is 11.6. The van der Waals surface area contributed by atoms with E-state index in [1.54, 1.807) is 12.4 Å². The molecule has 0 aliphatic rings. The van der Waals surface area contributed by atoms with E-state index in [9.17, 15) is 0 Å². The van der Waals surface area contributed by atoms with E-state index in [4.69, 9.17) is 15.0 Å². The second-order valence-electron chi connectivity index (χ2n) is 11.9. The molecule has 5 heteroatoms. The zero-order chi connectivity index (χ0) is 31.9. The maximum Gasteiger partial charge on any atom is 0.0894 e. The van der Waals surface area contributed by atoms with E-state index >= 15 is 0 Å². The maximum absolute atomic E-state index is 5.10. The van der Waals surface area contributed by atoms with Crippen molar-refractivity contribution in [1.82, 2.24) is 24.9 Å². The second-order valence-corrected chi connectivity index (χ2v) is 11.9. The van der Waals surface area contributed by atoms with Crippen LogP contribution in [0.5, 0.6) is 0 Å². The van der Waals surface area contributed by atoms with Crippen molar-refractivity contribution >= 4 is 32.6 Å². The third-order valence-electron chi connectivity index (χ3n) is 8.77. The molecule has 9 rings (SSSR count). The van der Waals surface area contributed by atoms with Crippen LogP contribution in [-0.4, -0.2) is 24.9 Å². The van der Waals surface area contributed by atoms with Gasteiger partial charge < -0.3 is 0 Å². The predicted molar refractivity (Wildman–Crippen MR) is 195 cm³/mol. The smallest absolute Gasteiger partial charge is 0.0894 e. The van der Waals surface area contributed by atoms with Crippen molar-refractivity contribution in [3.05, 3.63) is 164 Å². The number of nitrogens with zero attached hydrogens (tertiary/aromatic N) is 5. The first-order chi connectivity index (χ1) is 23.7. The van der Waals surface area contributed by atoms with Gasteiger partial charge in [0.25, 0.3) is 0 Å².